The Kier molecular flexibility index (Phi) is 5.24. The summed E-state index contributed by atoms with van der Waals surface area (Å²) in [5.74, 6) is 0.736. The molecule has 1 saturated heterocycles. The average molecular weight is 396 g/mol. The Morgan fingerprint density at radius 3 is 2.90 bits per heavy atom. The van der Waals surface area contributed by atoms with E-state index in [1.165, 1.54) is 12.1 Å². The van der Waals surface area contributed by atoms with Gasteiger partial charge in [0.05, 0.1) is 12.1 Å². The lowest BCUT2D eigenvalue weighted by Crippen LogP contribution is -2.40. The smallest absolute Gasteiger partial charge is 0.345 e. The lowest BCUT2D eigenvalue weighted by Gasteiger charge is -2.31. The fraction of sp³-hybridized carbons (Fsp3) is 0.333. The van der Waals surface area contributed by atoms with Crippen molar-refractivity contribution in [3.63, 3.8) is 0 Å². The van der Waals surface area contributed by atoms with Crippen LogP contribution in [0.2, 0.25) is 0 Å². The Hall–Kier alpha value is -3.29. The number of nitrogens with one attached hydrogen (secondary N) is 1. The number of oxazole rings is 1. The fourth-order valence-corrected chi connectivity index (χ4v) is 3.61. The minimum atomic E-state index is -0.528. The number of amides is 1. The minimum Gasteiger partial charge on any atom is -0.445 e. The van der Waals surface area contributed by atoms with Crippen LogP contribution in [0.25, 0.3) is 0 Å². The van der Waals surface area contributed by atoms with Crippen molar-refractivity contribution in [2.45, 2.75) is 32.1 Å². The number of hydrogen-bond donors (Lipinski definition) is 1. The number of rotatable bonds is 4. The molecule has 3 heterocycles. The molecule has 1 aromatic carbocycles. The summed E-state index contributed by atoms with van der Waals surface area (Å²) < 4.78 is 19.0. The third kappa shape index (κ3) is 4.42. The van der Waals surface area contributed by atoms with Gasteiger partial charge >= 0.3 is 5.69 Å². The van der Waals surface area contributed by atoms with Gasteiger partial charge in [-0.25, -0.2) is 14.2 Å². The molecule has 4 rings (SSSR count). The molecule has 1 atom stereocenters. The van der Waals surface area contributed by atoms with E-state index in [1.54, 1.807) is 36.2 Å². The van der Waals surface area contributed by atoms with Crippen molar-refractivity contribution in [3.05, 3.63) is 81.4 Å². The number of H-pyrrole nitrogens is 1. The topological polar surface area (TPSA) is 92.1 Å². The van der Waals surface area contributed by atoms with Crippen molar-refractivity contribution in [1.29, 1.82) is 0 Å². The summed E-state index contributed by atoms with van der Waals surface area (Å²) in [6.45, 7) is 2.78. The minimum absolute atomic E-state index is 0.0160. The maximum absolute atomic E-state index is 13.0. The summed E-state index contributed by atoms with van der Waals surface area (Å²) in [4.78, 5) is 36.8. The molecule has 0 bridgehead atoms. The van der Waals surface area contributed by atoms with Gasteiger partial charge in [-0.1, -0.05) is 12.1 Å². The molecule has 3 aromatic rings. The van der Waals surface area contributed by atoms with E-state index in [0.29, 0.717) is 36.9 Å². The zero-order chi connectivity index (χ0) is 20.4. The molecule has 7 nitrogen and oxygen atoms in total. The third-order valence-corrected chi connectivity index (χ3v) is 5.02. The van der Waals surface area contributed by atoms with Gasteiger partial charge in [0.1, 0.15) is 17.3 Å². The number of aromatic nitrogens is 3. The first kappa shape index (κ1) is 19.0. The highest BCUT2D eigenvalue weighted by molar-refractivity contribution is 5.92. The molecule has 0 aliphatic carbocycles. The molecule has 1 fully saturated rings. The lowest BCUT2D eigenvalue weighted by atomic mass is 9.97. The first-order chi connectivity index (χ1) is 14.0. The summed E-state index contributed by atoms with van der Waals surface area (Å²) in [5.41, 5.74) is 1.15. The SMILES string of the molecule is Cc1cc(C(=O)N2CCCC(c3ncc(Cc4ccc(F)cc4)o3)C2)nc(=O)[nH]1. The first-order valence-corrected chi connectivity index (χ1v) is 9.54. The second-order valence-corrected chi connectivity index (χ2v) is 7.31. The van der Waals surface area contributed by atoms with Crippen molar-refractivity contribution in [2.24, 2.45) is 0 Å². The number of hydrogen-bond acceptors (Lipinski definition) is 5. The maximum atomic E-state index is 13.0. The normalized spacial score (nSPS) is 16.8. The van der Waals surface area contributed by atoms with Gasteiger partial charge < -0.3 is 14.3 Å². The zero-order valence-electron chi connectivity index (χ0n) is 16.0. The summed E-state index contributed by atoms with van der Waals surface area (Å²) >= 11 is 0. The van der Waals surface area contributed by atoms with Crippen LogP contribution in [0.1, 0.15) is 52.2 Å². The molecule has 0 spiro atoms. The van der Waals surface area contributed by atoms with Gasteiger partial charge in [0.2, 0.25) is 0 Å². The Morgan fingerprint density at radius 2 is 2.14 bits per heavy atom. The van der Waals surface area contributed by atoms with Gasteiger partial charge in [0.15, 0.2) is 5.89 Å². The van der Waals surface area contributed by atoms with Crippen LogP contribution in [-0.2, 0) is 6.42 Å². The van der Waals surface area contributed by atoms with Gasteiger partial charge in [-0.15, -0.1) is 0 Å². The largest absolute Gasteiger partial charge is 0.445 e. The maximum Gasteiger partial charge on any atom is 0.345 e. The Balaban J connectivity index is 1.45. The fourth-order valence-electron chi connectivity index (χ4n) is 3.61. The van der Waals surface area contributed by atoms with Gasteiger partial charge in [-0.2, -0.15) is 4.98 Å². The summed E-state index contributed by atoms with van der Waals surface area (Å²) in [6.07, 6.45) is 3.89. The van der Waals surface area contributed by atoms with E-state index < -0.39 is 5.69 Å². The molecule has 0 radical (unpaired) electrons. The predicted molar refractivity (Wildman–Crippen MR) is 103 cm³/mol. The second kappa shape index (κ2) is 7.98. The van der Waals surface area contributed by atoms with Gasteiger partial charge in [-0.05, 0) is 43.5 Å². The number of halogens is 1. The van der Waals surface area contributed by atoms with Gasteiger partial charge in [0, 0.05) is 25.2 Å². The lowest BCUT2D eigenvalue weighted by molar-refractivity contribution is 0.0691. The van der Waals surface area contributed by atoms with Crippen molar-refractivity contribution in [1.82, 2.24) is 19.9 Å². The van der Waals surface area contributed by atoms with Crippen LogP contribution >= 0.6 is 0 Å². The molecule has 8 heteroatoms. The molecular formula is C21H21FN4O3. The van der Waals surface area contributed by atoms with E-state index in [0.717, 1.165) is 18.4 Å². The highest BCUT2D eigenvalue weighted by atomic mass is 19.1. The quantitative estimate of drug-likeness (QED) is 0.732. The number of benzene rings is 1. The second-order valence-electron chi connectivity index (χ2n) is 7.31. The van der Waals surface area contributed by atoms with E-state index >= 15 is 0 Å². The van der Waals surface area contributed by atoms with Crippen LogP contribution in [0.3, 0.4) is 0 Å². The van der Waals surface area contributed by atoms with Crippen molar-refractivity contribution in [2.75, 3.05) is 13.1 Å². The van der Waals surface area contributed by atoms with E-state index in [-0.39, 0.29) is 23.3 Å². The van der Waals surface area contributed by atoms with Crippen molar-refractivity contribution < 1.29 is 13.6 Å². The third-order valence-electron chi connectivity index (χ3n) is 5.02. The monoisotopic (exact) mass is 396 g/mol. The van der Waals surface area contributed by atoms with Crippen molar-refractivity contribution in [3.8, 4) is 0 Å². The molecule has 1 aliphatic rings. The number of carbonyl (C=O) groups is 1. The van der Waals surface area contributed by atoms with E-state index in [4.69, 9.17) is 4.42 Å². The molecule has 1 aliphatic heterocycles. The van der Waals surface area contributed by atoms with E-state index in [2.05, 4.69) is 15.0 Å². The number of carbonyl (C=O) groups excluding carboxylic acids is 1. The highest BCUT2D eigenvalue weighted by Gasteiger charge is 2.29. The number of nitrogens with zero attached hydrogens (tertiary/aromatic N) is 3. The predicted octanol–water partition coefficient (Wildman–Crippen LogP) is 2.82. The van der Waals surface area contributed by atoms with Crippen LogP contribution in [0.4, 0.5) is 4.39 Å². The molecule has 1 unspecified atom stereocenters. The molecule has 2 aromatic heterocycles. The van der Waals surface area contributed by atoms with E-state index in [1.807, 2.05) is 0 Å². The van der Waals surface area contributed by atoms with Crippen LogP contribution in [0, 0.1) is 12.7 Å². The molecule has 150 valence electrons. The van der Waals surface area contributed by atoms with E-state index in [9.17, 15) is 14.0 Å². The Labute approximate surface area is 166 Å². The van der Waals surface area contributed by atoms with Crippen molar-refractivity contribution >= 4 is 5.91 Å². The van der Waals surface area contributed by atoms with Crippen LogP contribution < -0.4 is 5.69 Å². The average Bonchev–Trinajstić information content (AvgIpc) is 3.17. The van der Waals surface area contributed by atoms with Gasteiger partial charge in [0.25, 0.3) is 5.91 Å². The standard InChI is InChI=1S/C21H21FN4O3/c1-13-9-18(25-21(28)24-13)20(27)26-8-2-3-15(12-26)19-23-11-17(29-19)10-14-4-6-16(22)7-5-14/h4-7,9,11,15H,2-3,8,10,12H2,1H3,(H,24,25,28). The molecule has 1 N–H and O–H groups in total. The summed E-state index contributed by atoms with van der Waals surface area (Å²) in [7, 11) is 0. The van der Waals surface area contributed by atoms with Crippen LogP contribution in [0.5, 0.6) is 0 Å². The Bertz CT molecular complexity index is 1070. The van der Waals surface area contributed by atoms with Crippen LogP contribution in [0.15, 0.2) is 45.7 Å². The number of likely N-dealkylation sites (tertiary alicyclic amines) is 1. The van der Waals surface area contributed by atoms with Gasteiger partial charge in [-0.3, -0.25) is 4.79 Å². The summed E-state index contributed by atoms with van der Waals surface area (Å²) in [6, 6.07) is 7.85. The molecular weight excluding hydrogens is 375 g/mol. The summed E-state index contributed by atoms with van der Waals surface area (Å²) in [5, 5.41) is 0. The molecule has 1 amide bonds. The first-order valence-electron chi connectivity index (χ1n) is 9.54. The highest BCUT2D eigenvalue weighted by Crippen LogP contribution is 2.28. The Morgan fingerprint density at radius 1 is 1.34 bits per heavy atom. The number of aryl methyl sites for hydroxylation is 1. The number of aromatic amines is 1. The number of piperidine rings is 1. The zero-order valence-corrected chi connectivity index (χ0v) is 16.0. The molecule has 0 saturated carbocycles. The molecule has 29 heavy (non-hydrogen) atoms. The van der Waals surface area contributed by atoms with Crippen LogP contribution in [-0.4, -0.2) is 38.8 Å².